The van der Waals surface area contributed by atoms with Crippen LogP contribution >= 0.6 is 0 Å². The molecule has 2 aromatic carbocycles. The second-order valence-electron chi connectivity index (χ2n) is 5.16. The van der Waals surface area contributed by atoms with E-state index in [4.69, 9.17) is 0 Å². The summed E-state index contributed by atoms with van der Waals surface area (Å²) in [5.41, 5.74) is 1.67. The van der Waals surface area contributed by atoms with E-state index >= 15 is 0 Å². The molecule has 7 heteroatoms. The molecule has 0 aliphatic carbocycles. The van der Waals surface area contributed by atoms with Gasteiger partial charge in [-0.2, -0.15) is 0 Å². The lowest BCUT2D eigenvalue weighted by Crippen LogP contribution is -2.22. The maximum Gasteiger partial charge on any atom is 0.243 e. The van der Waals surface area contributed by atoms with E-state index in [0.717, 1.165) is 11.8 Å². The molecule has 2 rings (SSSR count). The van der Waals surface area contributed by atoms with Crippen molar-refractivity contribution in [3.05, 3.63) is 53.8 Å². The zero-order valence-corrected chi connectivity index (χ0v) is 13.6. The van der Waals surface area contributed by atoms with Gasteiger partial charge >= 0.3 is 0 Å². The van der Waals surface area contributed by atoms with Crippen LogP contribution in [0.5, 0.6) is 0 Å². The number of halogens is 1. The average molecular weight is 336 g/mol. The predicted molar refractivity (Wildman–Crippen MR) is 87.8 cm³/mol. The zero-order chi connectivity index (χ0) is 17.0. The van der Waals surface area contributed by atoms with Crippen molar-refractivity contribution in [2.75, 3.05) is 23.4 Å². The van der Waals surface area contributed by atoms with Gasteiger partial charge in [0.15, 0.2) is 15.7 Å². The van der Waals surface area contributed by atoms with Gasteiger partial charge in [0.05, 0.1) is 12.2 Å². The van der Waals surface area contributed by atoms with Gasteiger partial charge in [0, 0.05) is 11.9 Å². The van der Waals surface area contributed by atoms with Crippen LogP contribution in [0.1, 0.15) is 5.56 Å². The first kappa shape index (κ1) is 17.0. The average Bonchev–Trinajstić information content (AvgIpc) is 2.47. The summed E-state index contributed by atoms with van der Waals surface area (Å²) in [6.45, 7) is 1.75. The first-order valence-corrected chi connectivity index (χ1v) is 8.75. The number of carbonyl (C=O) groups is 1. The minimum absolute atomic E-state index is 0.0352. The van der Waals surface area contributed by atoms with Crippen LogP contribution in [-0.2, 0) is 14.6 Å². The smallest absolute Gasteiger partial charge is 0.243 e. The van der Waals surface area contributed by atoms with Crippen molar-refractivity contribution < 1.29 is 17.6 Å². The van der Waals surface area contributed by atoms with Crippen molar-refractivity contribution in [2.45, 2.75) is 11.8 Å². The zero-order valence-electron chi connectivity index (χ0n) is 12.8. The van der Waals surface area contributed by atoms with Crippen LogP contribution in [0.2, 0.25) is 0 Å². The molecule has 5 nitrogen and oxygen atoms in total. The van der Waals surface area contributed by atoms with Crippen LogP contribution in [0.15, 0.2) is 47.4 Å². The normalized spacial score (nSPS) is 11.1. The second kappa shape index (κ2) is 6.78. The van der Waals surface area contributed by atoms with Gasteiger partial charge in [-0.15, -0.1) is 0 Å². The molecule has 2 N–H and O–H groups in total. The summed E-state index contributed by atoms with van der Waals surface area (Å²) in [5.74, 6) is -1.25. The highest BCUT2D eigenvalue weighted by molar-refractivity contribution is 7.90. The van der Waals surface area contributed by atoms with Crippen molar-refractivity contribution in [1.29, 1.82) is 0 Å². The Morgan fingerprint density at radius 1 is 1.13 bits per heavy atom. The lowest BCUT2D eigenvalue weighted by Gasteiger charge is -2.10. The Morgan fingerprint density at radius 3 is 2.39 bits per heavy atom. The summed E-state index contributed by atoms with van der Waals surface area (Å²) in [4.78, 5) is 11.4. The minimum Gasteiger partial charge on any atom is -0.374 e. The van der Waals surface area contributed by atoms with E-state index < -0.39 is 20.5 Å². The molecule has 0 fully saturated rings. The fourth-order valence-corrected chi connectivity index (χ4v) is 2.71. The number of carbonyl (C=O) groups excluding carboxylic acids is 1. The number of nitrogens with one attached hydrogen (secondary N) is 2. The molecule has 23 heavy (non-hydrogen) atoms. The van der Waals surface area contributed by atoms with Gasteiger partial charge in [0.2, 0.25) is 5.91 Å². The quantitative estimate of drug-likeness (QED) is 0.880. The molecular weight excluding hydrogens is 319 g/mol. The van der Waals surface area contributed by atoms with Crippen molar-refractivity contribution in [3.8, 4) is 0 Å². The first-order valence-electron chi connectivity index (χ1n) is 6.86. The standard InChI is InChI=1S/C16H17FN2O3S/c1-11-6-8-12(9-7-11)19-15(20)10-18-13-4-3-5-14(16(13)17)23(2,21)22/h3-9,18H,10H2,1-2H3,(H,19,20). The third-order valence-electron chi connectivity index (χ3n) is 3.14. The molecule has 122 valence electrons. The van der Waals surface area contributed by atoms with Crippen LogP contribution < -0.4 is 10.6 Å². The summed E-state index contributed by atoms with van der Waals surface area (Å²) < 4.78 is 37.0. The number of sulfone groups is 1. The maximum atomic E-state index is 14.1. The number of hydrogen-bond donors (Lipinski definition) is 2. The molecular formula is C16H17FN2O3S. The summed E-state index contributed by atoms with van der Waals surface area (Å²) in [7, 11) is -3.66. The van der Waals surface area contributed by atoms with E-state index in [1.54, 1.807) is 12.1 Å². The van der Waals surface area contributed by atoms with Gasteiger partial charge in [0.25, 0.3) is 0 Å². The largest absolute Gasteiger partial charge is 0.374 e. The SMILES string of the molecule is Cc1ccc(NC(=O)CNc2cccc(S(C)(=O)=O)c2F)cc1. The Morgan fingerprint density at radius 2 is 1.78 bits per heavy atom. The van der Waals surface area contributed by atoms with Crippen molar-refractivity contribution in [3.63, 3.8) is 0 Å². The number of aryl methyl sites for hydroxylation is 1. The lowest BCUT2D eigenvalue weighted by atomic mass is 10.2. The number of amides is 1. The predicted octanol–water partition coefficient (Wildman–Crippen LogP) is 2.59. The Balaban J connectivity index is 2.03. The molecule has 0 aromatic heterocycles. The molecule has 0 unspecified atom stereocenters. The third kappa shape index (κ3) is 4.53. The fraction of sp³-hybridized carbons (Fsp3) is 0.188. The third-order valence-corrected chi connectivity index (χ3v) is 4.25. The van der Waals surface area contributed by atoms with Crippen LogP contribution in [0.3, 0.4) is 0 Å². The molecule has 0 bridgehead atoms. The second-order valence-corrected chi connectivity index (χ2v) is 7.14. The number of rotatable bonds is 5. The number of hydrogen-bond acceptors (Lipinski definition) is 4. The van der Waals surface area contributed by atoms with Crippen LogP contribution in [0.25, 0.3) is 0 Å². The van der Waals surface area contributed by atoms with Gasteiger partial charge in [-0.1, -0.05) is 23.8 Å². The summed E-state index contributed by atoms with van der Waals surface area (Å²) >= 11 is 0. The molecule has 0 aliphatic rings. The number of benzene rings is 2. The van der Waals surface area contributed by atoms with Crippen molar-refractivity contribution in [1.82, 2.24) is 0 Å². The van der Waals surface area contributed by atoms with Crippen LogP contribution in [-0.4, -0.2) is 27.1 Å². The van der Waals surface area contributed by atoms with Crippen LogP contribution in [0.4, 0.5) is 15.8 Å². The summed E-state index contributed by atoms with van der Waals surface area (Å²) in [5, 5.41) is 5.27. The Bertz CT molecular complexity index is 818. The molecule has 0 radical (unpaired) electrons. The lowest BCUT2D eigenvalue weighted by molar-refractivity contribution is -0.114. The van der Waals surface area contributed by atoms with E-state index in [-0.39, 0.29) is 18.1 Å². The van der Waals surface area contributed by atoms with Crippen LogP contribution in [0, 0.1) is 12.7 Å². The molecule has 0 heterocycles. The van der Waals surface area contributed by atoms with E-state index in [1.165, 1.54) is 18.2 Å². The first-order chi connectivity index (χ1) is 10.8. The molecule has 0 saturated heterocycles. The topological polar surface area (TPSA) is 75.3 Å². The molecule has 0 saturated carbocycles. The highest BCUT2D eigenvalue weighted by Gasteiger charge is 2.16. The summed E-state index contributed by atoms with van der Waals surface area (Å²) in [6.07, 6.45) is 0.930. The molecule has 0 atom stereocenters. The van der Waals surface area contributed by atoms with Crippen molar-refractivity contribution in [2.24, 2.45) is 0 Å². The Kier molecular flexibility index (Phi) is 5.00. The van der Waals surface area contributed by atoms with E-state index in [1.807, 2.05) is 19.1 Å². The molecule has 0 aliphatic heterocycles. The highest BCUT2D eigenvalue weighted by atomic mass is 32.2. The molecule has 0 spiro atoms. The van der Waals surface area contributed by atoms with Gasteiger partial charge in [-0.3, -0.25) is 4.79 Å². The summed E-state index contributed by atoms with van der Waals surface area (Å²) in [6, 6.07) is 11.2. The Hall–Kier alpha value is -2.41. The highest BCUT2D eigenvalue weighted by Crippen LogP contribution is 2.21. The molecule has 1 amide bonds. The van der Waals surface area contributed by atoms with E-state index in [9.17, 15) is 17.6 Å². The van der Waals surface area contributed by atoms with E-state index in [0.29, 0.717) is 5.69 Å². The van der Waals surface area contributed by atoms with E-state index in [2.05, 4.69) is 10.6 Å². The minimum atomic E-state index is -3.66. The number of anilines is 2. The van der Waals surface area contributed by atoms with Crippen molar-refractivity contribution >= 4 is 27.1 Å². The van der Waals surface area contributed by atoms with Gasteiger partial charge in [-0.25, -0.2) is 12.8 Å². The fourth-order valence-electron chi connectivity index (χ4n) is 1.95. The van der Waals surface area contributed by atoms with Gasteiger partial charge in [-0.05, 0) is 31.2 Å². The molecule has 2 aromatic rings. The maximum absolute atomic E-state index is 14.1. The Labute approximate surface area is 134 Å². The van der Waals surface area contributed by atoms with Gasteiger partial charge < -0.3 is 10.6 Å². The van der Waals surface area contributed by atoms with Gasteiger partial charge in [0.1, 0.15) is 4.90 Å². The monoisotopic (exact) mass is 336 g/mol.